The number of nitrogens with two attached hydrogens (primary N) is 1. The van der Waals surface area contributed by atoms with E-state index in [2.05, 4.69) is 0 Å². The molecule has 1 aromatic rings. The summed E-state index contributed by atoms with van der Waals surface area (Å²) in [5.74, 6) is -1.59. The molecule has 74 valence electrons. The summed E-state index contributed by atoms with van der Waals surface area (Å²) in [5, 5.41) is 8.30. The van der Waals surface area contributed by atoms with Gasteiger partial charge >= 0.3 is 0 Å². The van der Waals surface area contributed by atoms with Crippen LogP contribution in [-0.2, 0) is 5.54 Å². The van der Waals surface area contributed by atoms with Crippen molar-refractivity contribution in [1.29, 1.82) is 5.26 Å². The van der Waals surface area contributed by atoms with E-state index in [1.165, 1.54) is 6.92 Å². The molecule has 0 aliphatic carbocycles. The van der Waals surface area contributed by atoms with Gasteiger partial charge in [-0.05, 0) is 19.1 Å². The van der Waals surface area contributed by atoms with Crippen LogP contribution in [0.1, 0.15) is 12.5 Å². The fourth-order valence-corrected chi connectivity index (χ4v) is 1.13. The molecule has 0 fully saturated rings. The zero-order chi connectivity index (χ0) is 10.9. The van der Waals surface area contributed by atoms with Gasteiger partial charge in [-0.3, -0.25) is 0 Å². The van der Waals surface area contributed by atoms with Gasteiger partial charge in [-0.15, -0.1) is 0 Å². The van der Waals surface area contributed by atoms with Crippen LogP contribution < -0.4 is 5.73 Å². The monoisotopic (exact) mass is 216 g/mol. The normalized spacial score (nSPS) is 14.6. The van der Waals surface area contributed by atoms with Gasteiger partial charge in [0.2, 0.25) is 0 Å². The SMILES string of the molecule is C[C@](N)(C#N)c1cc(F)c(Cl)cc1F. The van der Waals surface area contributed by atoms with Crippen molar-refractivity contribution in [2.75, 3.05) is 0 Å². The lowest BCUT2D eigenvalue weighted by atomic mass is 9.94. The quantitative estimate of drug-likeness (QED) is 0.733. The Morgan fingerprint density at radius 2 is 2.00 bits per heavy atom. The lowest BCUT2D eigenvalue weighted by Crippen LogP contribution is -2.32. The second-order valence-electron chi connectivity index (χ2n) is 3.06. The highest BCUT2D eigenvalue weighted by Crippen LogP contribution is 2.25. The fraction of sp³-hybridized carbons (Fsp3) is 0.222. The minimum atomic E-state index is -1.56. The number of nitriles is 1. The number of hydrogen-bond acceptors (Lipinski definition) is 2. The molecular formula is C9H7ClF2N2. The second-order valence-corrected chi connectivity index (χ2v) is 3.47. The van der Waals surface area contributed by atoms with Crippen LogP contribution in [0.4, 0.5) is 8.78 Å². The van der Waals surface area contributed by atoms with Crippen molar-refractivity contribution in [1.82, 2.24) is 0 Å². The van der Waals surface area contributed by atoms with Crippen molar-refractivity contribution in [2.24, 2.45) is 5.73 Å². The molecule has 5 heteroatoms. The molecule has 1 aromatic carbocycles. The van der Waals surface area contributed by atoms with E-state index in [1.54, 1.807) is 6.07 Å². The van der Waals surface area contributed by atoms with Crippen LogP contribution in [0.15, 0.2) is 12.1 Å². The molecule has 0 aromatic heterocycles. The Kier molecular flexibility index (Phi) is 2.74. The van der Waals surface area contributed by atoms with Gasteiger partial charge in [0.1, 0.15) is 17.2 Å². The Morgan fingerprint density at radius 1 is 1.43 bits per heavy atom. The molecule has 0 radical (unpaired) electrons. The number of benzene rings is 1. The molecule has 14 heavy (non-hydrogen) atoms. The average molecular weight is 217 g/mol. The van der Waals surface area contributed by atoms with Crippen molar-refractivity contribution >= 4 is 11.6 Å². The van der Waals surface area contributed by atoms with E-state index < -0.39 is 17.2 Å². The fourth-order valence-electron chi connectivity index (χ4n) is 0.981. The lowest BCUT2D eigenvalue weighted by molar-refractivity contribution is 0.536. The number of hydrogen-bond donors (Lipinski definition) is 1. The number of nitrogens with zero attached hydrogens (tertiary/aromatic N) is 1. The van der Waals surface area contributed by atoms with Crippen LogP contribution in [-0.4, -0.2) is 0 Å². The summed E-state index contributed by atoms with van der Waals surface area (Å²) in [4.78, 5) is 0. The summed E-state index contributed by atoms with van der Waals surface area (Å²) in [5.41, 5.74) is 3.68. The minimum Gasteiger partial charge on any atom is -0.310 e. The van der Waals surface area contributed by atoms with E-state index in [0.717, 1.165) is 12.1 Å². The minimum absolute atomic E-state index is 0.207. The van der Waals surface area contributed by atoms with Crippen molar-refractivity contribution in [3.8, 4) is 6.07 Å². The van der Waals surface area contributed by atoms with Crippen molar-refractivity contribution in [2.45, 2.75) is 12.5 Å². The highest BCUT2D eigenvalue weighted by molar-refractivity contribution is 6.30. The summed E-state index contributed by atoms with van der Waals surface area (Å²) in [7, 11) is 0. The molecule has 2 N–H and O–H groups in total. The van der Waals surface area contributed by atoms with Crippen LogP contribution >= 0.6 is 11.6 Å². The van der Waals surface area contributed by atoms with Gasteiger partial charge in [0.25, 0.3) is 0 Å². The van der Waals surface area contributed by atoms with E-state index >= 15 is 0 Å². The van der Waals surface area contributed by atoms with Gasteiger partial charge in [-0.2, -0.15) is 5.26 Å². The van der Waals surface area contributed by atoms with Gasteiger partial charge < -0.3 is 5.73 Å². The first-order valence-electron chi connectivity index (χ1n) is 3.73. The Morgan fingerprint density at radius 3 is 2.50 bits per heavy atom. The molecule has 0 unspecified atom stereocenters. The molecule has 1 rings (SSSR count). The molecule has 0 bridgehead atoms. The average Bonchev–Trinajstić information content (AvgIpc) is 2.11. The van der Waals surface area contributed by atoms with Crippen molar-refractivity contribution < 1.29 is 8.78 Å². The molecule has 0 heterocycles. The van der Waals surface area contributed by atoms with Gasteiger partial charge in [0, 0.05) is 5.56 Å². The summed E-state index contributed by atoms with van der Waals surface area (Å²) in [6.45, 7) is 1.29. The molecule has 0 aliphatic heterocycles. The standard InChI is InChI=1S/C9H7ClF2N2/c1-9(14,4-13)5-2-8(12)6(10)3-7(5)11/h2-3H,14H2,1H3/t9-/m0/s1. The molecule has 0 amide bonds. The Labute approximate surface area is 84.9 Å². The lowest BCUT2D eigenvalue weighted by Gasteiger charge is -2.16. The van der Waals surface area contributed by atoms with Crippen molar-refractivity contribution in [3.05, 3.63) is 34.4 Å². The van der Waals surface area contributed by atoms with Gasteiger partial charge in [-0.1, -0.05) is 11.6 Å². The molecular weight excluding hydrogens is 210 g/mol. The predicted octanol–water partition coefficient (Wildman–Crippen LogP) is 2.32. The van der Waals surface area contributed by atoms with Gasteiger partial charge in [-0.25, -0.2) is 8.78 Å². The summed E-state index contributed by atoms with van der Waals surface area (Å²) in [6.07, 6.45) is 0. The predicted molar refractivity (Wildman–Crippen MR) is 48.5 cm³/mol. The van der Waals surface area contributed by atoms with E-state index in [4.69, 9.17) is 22.6 Å². The zero-order valence-electron chi connectivity index (χ0n) is 7.31. The smallest absolute Gasteiger partial charge is 0.142 e. The Bertz CT molecular complexity index is 410. The third-order valence-corrected chi connectivity index (χ3v) is 2.09. The van der Waals surface area contributed by atoms with Gasteiger partial charge in [0.05, 0.1) is 11.1 Å². The Balaban J connectivity index is 3.38. The maximum atomic E-state index is 13.2. The molecule has 1 atom stereocenters. The summed E-state index contributed by atoms with van der Waals surface area (Å²) in [6, 6.07) is 3.31. The number of halogens is 3. The molecule has 2 nitrogen and oxygen atoms in total. The molecule has 0 spiro atoms. The van der Waals surface area contributed by atoms with E-state index in [9.17, 15) is 8.78 Å². The Hall–Kier alpha value is -1.18. The van der Waals surface area contributed by atoms with E-state index in [1.807, 2.05) is 0 Å². The molecule has 0 saturated carbocycles. The maximum absolute atomic E-state index is 13.2. The molecule has 0 aliphatic rings. The topological polar surface area (TPSA) is 49.8 Å². The van der Waals surface area contributed by atoms with Crippen LogP contribution in [0.2, 0.25) is 5.02 Å². The first-order chi connectivity index (χ1) is 6.38. The zero-order valence-corrected chi connectivity index (χ0v) is 8.07. The number of rotatable bonds is 1. The third-order valence-electron chi connectivity index (χ3n) is 1.80. The first-order valence-corrected chi connectivity index (χ1v) is 4.11. The van der Waals surface area contributed by atoms with Gasteiger partial charge in [0.15, 0.2) is 0 Å². The highest BCUT2D eigenvalue weighted by Gasteiger charge is 2.25. The first kappa shape index (κ1) is 10.9. The van der Waals surface area contributed by atoms with E-state index in [-0.39, 0.29) is 10.6 Å². The van der Waals surface area contributed by atoms with Crippen LogP contribution in [0.25, 0.3) is 0 Å². The van der Waals surface area contributed by atoms with Crippen LogP contribution in [0, 0.1) is 23.0 Å². The summed E-state index contributed by atoms with van der Waals surface area (Å²) >= 11 is 5.34. The largest absolute Gasteiger partial charge is 0.310 e. The maximum Gasteiger partial charge on any atom is 0.142 e. The third kappa shape index (κ3) is 1.84. The van der Waals surface area contributed by atoms with Crippen LogP contribution in [0.3, 0.4) is 0 Å². The highest BCUT2D eigenvalue weighted by atomic mass is 35.5. The molecule has 0 saturated heterocycles. The summed E-state index contributed by atoms with van der Waals surface area (Å²) < 4.78 is 26.2. The van der Waals surface area contributed by atoms with E-state index in [0.29, 0.717) is 0 Å². The van der Waals surface area contributed by atoms with Crippen molar-refractivity contribution in [3.63, 3.8) is 0 Å². The van der Waals surface area contributed by atoms with Crippen LogP contribution in [0.5, 0.6) is 0 Å². The second kappa shape index (κ2) is 3.52.